The first-order valence-electron chi connectivity index (χ1n) is 7.09. The fourth-order valence-corrected chi connectivity index (χ4v) is 2.00. The first-order valence-corrected chi connectivity index (χ1v) is 7.09. The van der Waals surface area contributed by atoms with E-state index in [2.05, 4.69) is 6.58 Å². The molecule has 0 aromatic rings. The van der Waals surface area contributed by atoms with E-state index in [1.54, 1.807) is 13.0 Å². The molecule has 0 aliphatic rings. The van der Waals surface area contributed by atoms with Crippen molar-refractivity contribution in [2.24, 2.45) is 0 Å². The molecule has 0 fully saturated rings. The second-order valence-corrected chi connectivity index (χ2v) is 5.94. The molecule has 2 N–H and O–H groups in total. The third-order valence-corrected chi connectivity index (χ3v) is 2.90. The Morgan fingerprint density at radius 2 is 1.86 bits per heavy atom. The molecule has 21 heavy (non-hydrogen) atoms. The fourth-order valence-electron chi connectivity index (χ4n) is 2.00. The Bertz CT molecular complexity index is 415. The molecule has 0 amide bonds. The number of rotatable bonds is 8. The summed E-state index contributed by atoms with van der Waals surface area (Å²) in [6.45, 7) is 12.2. The predicted molar refractivity (Wildman–Crippen MR) is 84.8 cm³/mol. The Morgan fingerprint density at radius 1 is 1.29 bits per heavy atom. The van der Waals surface area contributed by atoms with E-state index in [-0.39, 0.29) is 18.5 Å². The van der Waals surface area contributed by atoms with Gasteiger partial charge in [0.1, 0.15) is 6.10 Å². The van der Waals surface area contributed by atoms with Crippen LogP contribution < -0.4 is 0 Å². The van der Waals surface area contributed by atoms with Crippen molar-refractivity contribution in [1.29, 1.82) is 0 Å². The number of aliphatic hydroxyl groups excluding tert-OH is 1. The summed E-state index contributed by atoms with van der Waals surface area (Å²) in [6.07, 6.45) is 4.54. The maximum absolute atomic E-state index is 11.1. The number of hydrogen-bond acceptors (Lipinski definition) is 4. The Kier molecular flexibility index (Phi) is 8.22. The SMILES string of the molecule is C=CC(C)(O)CC(O)/C=C(\C)CC(C=C(C)C)OC(C)=O. The van der Waals surface area contributed by atoms with Crippen LogP contribution in [0.2, 0.25) is 0 Å². The van der Waals surface area contributed by atoms with Gasteiger partial charge < -0.3 is 14.9 Å². The second kappa shape index (κ2) is 8.80. The molecule has 4 heteroatoms. The Hall–Kier alpha value is -1.39. The number of ether oxygens (including phenoxy) is 1. The molecule has 4 nitrogen and oxygen atoms in total. The van der Waals surface area contributed by atoms with Crippen LogP contribution in [0.25, 0.3) is 0 Å². The molecule has 0 rings (SSSR count). The van der Waals surface area contributed by atoms with Gasteiger partial charge in [-0.15, -0.1) is 6.58 Å². The lowest BCUT2D eigenvalue weighted by molar-refractivity contribution is -0.144. The third kappa shape index (κ3) is 10.0. The molecule has 0 saturated carbocycles. The van der Waals surface area contributed by atoms with E-state index in [0.29, 0.717) is 6.42 Å². The van der Waals surface area contributed by atoms with Crippen molar-refractivity contribution in [1.82, 2.24) is 0 Å². The van der Waals surface area contributed by atoms with Gasteiger partial charge >= 0.3 is 5.97 Å². The number of carbonyl (C=O) groups is 1. The van der Waals surface area contributed by atoms with Gasteiger partial charge in [-0.1, -0.05) is 23.3 Å². The van der Waals surface area contributed by atoms with Gasteiger partial charge in [0.2, 0.25) is 0 Å². The van der Waals surface area contributed by atoms with Crippen LogP contribution in [0.5, 0.6) is 0 Å². The van der Waals surface area contributed by atoms with Crippen molar-refractivity contribution in [3.63, 3.8) is 0 Å². The number of aliphatic hydroxyl groups is 2. The molecule has 0 heterocycles. The monoisotopic (exact) mass is 296 g/mol. The fraction of sp³-hybridized carbons (Fsp3) is 0.588. The zero-order chi connectivity index (χ0) is 16.6. The summed E-state index contributed by atoms with van der Waals surface area (Å²) >= 11 is 0. The van der Waals surface area contributed by atoms with E-state index in [9.17, 15) is 15.0 Å². The maximum Gasteiger partial charge on any atom is 0.303 e. The summed E-state index contributed by atoms with van der Waals surface area (Å²) in [5, 5.41) is 19.8. The van der Waals surface area contributed by atoms with Gasteiger partial charge in [0.05, 0.1) is 11.7 Å². The Morgan fingerprint density at radius 3 is 2.29 bits per heavy atom. The highest BCUT2D eigenvalue weighted by Crippen LogP contribution is 2.17. The van der Waals surface area contributed by atoms with Gasteiger partial charge in [0, 0.05) is 19.8 Å². The van der Waals surface area contributed by atoms with Gasteiger partial charge in [0.15, 0.2) is 0 Å². The van der Waals surface area contributed by atoms with E-state index in [1.165, 1.54) is 13.0 Å². The van der Waals surface area contributed by atoms with Crippen LogP contribution in [-0.2, 0) is 9.53 Å². The lowest BCUT2D eigenvalue weighted by atomic mass is 9.96. The molecule has 0 aliphatic heterocycles. The van der Waals surface area contributed by atoms with E-state index < -0.39 is 11.7 Å². The molecule has 0 aromatic carbocycles. The van der Waals surface area contributed by atoms with Crippen LogP contribution in [-0.4, -0.2) is 34.0 Å². The van der Waals surface area contributed by atoms with Crippen LogP contribution in [0.3, 0.4) is 0 Å². The second-order valence-electron chi connectivity index (χ2n) is 5.94. The predicted octanol–water partition coefficient (Wildman–Crippen LogP) is 2.91. The zero-order valence-corrected chi connectivity index (χ0v) is 13.7. The van der Waals surface area contributed by atoms with E-state index in [4.69, 9.17) is 4.74 Å². The summed E-state index contributed by atoms with van der Waals surface area (Å²) in [5.74, 6) is -0.333. The maximum atomic E-state index is 11.1. The zero-order valence-electron chi connectivity index (χ0n) is 13.7. The van der Waals surface area contributed by atoms with Crippen LogP contribution in [0.4, 0.5) is 0 Å². The van der Waals surface area contributed by atoms with E-state index in [1.807, 2.05) is 26.8 Å². The molecule has 120 valence electrons. The molecule has 0 radical (unpaired) electrons. The van der Waals surface area contributed by atoms with E-state index in [0.717, 1.165) is 11.1 Å². The molecule has 0 bridgehead atoms. The molecule has 3 atom stereocenters. The number of hydrogen-bond donors (Lipinski definition) is 2. The van der Waals surface area contributed by atoms with Crippen LogP contribution in [0.1, 0.15) is 47.5 Å². The van der Waals surface area contributed by atoms with Crippen molar-refractivity contribution in [3.8, 4) is 0 Å². The summed E-state index contributed by atoms with van der Waals surface area (Å²) in [4.78, 5) is 11.1. The molecule has 0 aromatic heterocycles. The summed E-state index contributed by atoms with van der Waals surface area (Å²) in [7, 11) is 0. The molecular weight excluding hydrogens is 268 g/mol. The van der Waals surface area contributed by atoms with E-state index >= 15 is 0 Å². The molecule has 0 spiro atoms. The highest BCUT2D eigenvalue weighted by Gasteiger charge is 2.19. The standard InChI is InChI=1S/C17H28O4/c1-7-17(6,20)11-15(19)9-13(4)10-16(8-12(2)3)21-14(5)18/h7-9,15-16,19-20H,1,10-11H2,2-6H3/b13-9+. The van der Waals surface area contributed by atoms with Crippen LogP contribution in [0.15, 0.2) is 36.0 Å². The largest absolute Gasteiger partial charge is 0.458 e. The molecular formula is C17H28O4. The van der Waals surface area contributed by atoms with Crippen molar-refractivity contribution < 1.29 is 19.7 Å². The number of carbonyl (C=O) groups excluding carboxylic acids is 1. The molecule has 3 unspecified atom stereocenters. The van der Waals surface area contributed by atoms with Crippen molar-refractivity contribution in [2.75, 3.05) is 0 Å². The minimum Gasteiger partial charge on any atom is -0.458 e. The van der Waals surface area contributed by atoms with Gasteiger partial charge in [0.25, 0.3) is 0 Å². The topological polar surface area (TPSA) is 66.8 Å². The first kappa shape index (κ1) is 19.6. The summed E-state index contributed by atoms with van der Waals surface area (Å²) in [6, 6.07) is 0. The number of allylic oxidation sites excluding steroid dienone is 1. The summed E-state index contributed by atoms with van der Waals surface area (Å²) < 4.78 is 5.23. The van der Waals surface area contributed by atoms with Crippen molar-refractivity contribution in [2.45, 2.75) is 65.3 Å². The van der Waals surface area contributed by atoms with Crippen LogP contribution in [0, 0.1) is 0 Å². The highest BCUT2D eigenvalue weighted by molar-refractivity contribution is 5.66. The third-order valence-electron chi connectivity index (χ3n) is 2.90. The smallest absolute Gasteiger partial charge is 0.303 e. The van der Waals surface area contributed by atoms with Gasteiger partial charge in [-0.3, -0.25) is 4.79 Å². The summed E-state index contributed by atoms with van der Waals surface area (Å²) in [5.41, 5.74) is 0.848. The Labute approximate surface area is 127 Å². The molecule has 0 saturated heterocycles. The van der Waals surface area contributed by atoms with Gasteiger partial charge in [-0.25, -0.2) is 0 Å². The average Bonchev–Trinajstić information content (AvgIpc) is 2.25. The lowest BCUT2D eigenvalue weighted by Gasteiger charge is -2.21. The Balaban J connectivity index is 4.77. The lowest BCUT2D eigenvalue weighted by Crippen LogP contribution is -2.26. The van der Waals surface area contributed by atoms with Crippen molar-refractivity contribution in [3.05, 3.63) is 36.0 Å². The van der Waals surface area contributed by atoms with Crippen LogP contribution >= 0.6 is 0 Å². The minimum atomic E-state index is -1.11. The normalized spacial score (nSPS) is 17.4. The van der Waals surface area contributed by atoms with Crippen molar-refractivity contribution >= 4 is 5.97 Å². The van der Waals surface area contributed by atoms with Gasteiger partial charge in [-0.2, -0.15) is 0 Å². The van der Waals surface area contributed by atoms with Gasteiger partial charge in [-0.05, 0) is 33.8 Å². The highest BCUT2D eigenvalue weighted by atomic mass is 16.5. The average molecular weight is 296 g/mol. The molecule has 0 aliphatic carbocycles. The first-order chi connectivity index (χ1) is 9.55. The quantitative estimate of drug-likeness (QED) is 0.534. The minimum absolute atomic E-state index is 0.175. The number of esters is 1.